The van der Waals surface area contributed by atoms with Gasteiger partial charge >= 0.3 is 5.69 Å². The first-order valence-electron chi connectivity index (χ1n) is 9.23. The molecule has 1 unspecified atom stereocenters. The minimum atomic E-state index is -0.157. The van der Waals surface area contributed by atoms with Crippen molar-refractivity contribution < 1.29 is 0 Å². The third kappa shape index (κ3) is 2.60. The van der Waals surface area contributed by atoms with Crippen molar-refractivity contribution in [3.8, 4) is 11.3 Å². The summed E-state index contributed by atoms with van der Waals surface area (Å²) in [7, 11) is 0. The summed E-state index contributed by atoms with van der Waals surface area (Å²) < 4.78 is 1.72. The first-order valence-corrected chi connectivity index (χ1v) is 9.23. The molecule has 0 saturated heterocycles. The zero-order valence-electron chi connectivity index (χ0n) is 15.3. The van der Waals surface area contributed by atoms with E-state index in [9.17, 15) is 4.79 Å². The normalized spacial score (nSPS) is 12.5. The third-order valence-corrected chi connectivity index (χ3v) is 5.15. The molecular formula is C23H18N4O. The van der Waals surface area contributed by atoms with Crippen molar-refractivity contribution in [2.75, 3.05) is 0 Å². The van der Waals surface area contributed by atoms with E-state index in [4.69, 9.17) is 4.98 Å². The van der Waals surface area contributed by atoms with Gasteiger partial charge < -0.3 is 4.98 Å². The fourth-order valence-electron chi connectivity index (χ4n) is 3.72. The molecule has 3 heterocycles. The number of hydrogen-bond donors (Lipinski definition) is 1. The molecule has 5 nitrogen and oxygen atoms in total. The van der Waals surface area contributed by atoms with Gasteiger partial charge in [0.2, 0.25) is 0 Å². The number of pyridine rings is 2. The Bertz CT molecular complexity index is 1350. The van der Waals surface area contributed by atoms with Crippen molar-refractivity contribution in [1.82, 2.24) is 19.5 Å². The number of hydrogen-bond acceptors (Lipinski definition) is 3. The number of imidazole rings is 1. The number of rotatable bonds is 3. The molecule has 5 aromatic rings. The molecule has 5 rings (SSSR count). The van der Waals surface area contributed by atoms with Crippen LogP contribution in [-0.4, -0.2) is 19.5 Å². The van der Waals surface area contributed by atoms with Crippen LogP contribution in [0.4, 0.5) is 0 Å². The van der Waals surface area contributed by atoms with Crippen LogP contribution in [-0.2, 0) is 0 Å². The lowest BCUT2D eigenvalue weighted by Crippen LogP contribution is -2.21. The second-order valence-corrected chi connectivity index (χ2v) is 6.83. The molecule has 0 fully saturated rings. The zero-order chi connectivity index (χ0) is 19.1. The molecule has 1 atom stereocenters. The summed E-state index contributed by atoms with van der Waals surface area (Å²) in [5.41, 5.74) is 5.03. The van der Waals surface area contributed by atoms with Crippen LogP contribution in [0.25, 0.3) is 33.3 Å². The molecule has 0 bridgehead atoms. The van der Waals surface area contributed by atoms with Gasteiger partial charge in [0.05, 0.1) is 22.8 Å². The maximum Gasteiger partial charge on any atom is 0.328 e. The Hall–Kier alpha value is -3.73. The Labute approximate surface area is 161 Å². The molecule has 0 amide bonds. The summed E-state index contributed by atoms with van der Waals surface area (Å²) in [5.74, 6) is 0. The van der Waals surface area contributed by atoms with E-state index in [0.717, 1.165) is 33.2 Å². The number of benzene rings is 2. The summed E-state index contributed by atoms with van der Waals surface area (Å²) in [6.45, 7) is 2.01. The fourth-order valence-corrected chi connectivity index (χ4v) is 3.72. The van der Waals surface area contributed by atoms with Gasteiger partial charge in [0.25, 0.3) is 0 Å². The summed E-state index contributed by atoms with van der Waals surface area (Å²) in [5, 5.41) is 1.04. The second-order valence-electron chi connectivity index (χ2n) is 6.83. The van der Waals surface area contributed by atoms with Gasteiger partial charge in [-0.25, -0.2) is 9.78 Å². The van der Waals surface area contributed by atoms with E-state index in [1.807, 2.05) is 79.7 Å². The van der Waals surface area contributed by atoms with Gasteiger partial charge in [-0.05, 0) is 36.8 Å². The second kappa shape index (κ2) is 6.46. The highest BCUT2D eigenvalue weighted by Crippen LogP contribution is 2.28. The topological polar surface area (TPSA) is 63.6 Å². The maximum absolute atomic E-state index is 12.7. The molecular weight excluding hydrogens is 348 g/mol. The number of nitrogens with zero attached hydrogens (tertiary/aromatic N) is 3. The first-order chi connectivity index (χ1) is 13.7. The minimum Gasteiger partial charge on any atom is -0.304 e. The molecule has 5 heteroatoms. The monoisotopic (exact) mass is 366 g/mol. The molecule has 0 aliphatic rings. The van der Waals surface area contributed by atoms with Crippen LogP contribution in [0.15, 0.2) is 83.8 Å². The van der Waals surface area contributed by atoms with Gasteiger partial charge in [0.15, 0.2) is 5.65 Å². The van der Waals surface area contributed by atoms with Gasteiger partial charge in [0.1, 0.15) is 0 Å². The van der Waals surface area contributed by atoms with Gasteiger partial charge in [0, 0.05) is 17.1 Å². The molecule has 3 aromatic heterocycles. The van der Waals surface area contributed by atoms with Gasteiger partial charge in [-0.2, -0.15) is 0 Å². The highest BCUT2D eigenvalue weighted by molar-refractivity contribution is 5.94. The molecule has 2 aromatic carbocycles. The maximum atomic E-state index is 12.7. The SMILES string of the molecule is CC(c1ccccc1)n1c(=O)[nH]c2ccc(-c3cccc4ncccc34)nc21. The van der Waals surface area contributed by atoms with Crippen LogP contribution < -0.4 is 5.69 Å². The predicted molar refractivity (Wildman–Crippen MR) is 111 cm³/mol. The summed E-state index contributed by atoms with van der Waals surface area (Å²) in [6, 6.07) is 23.7. The Morgan fingerprint density at radius 2 is 1.79 bits per heavy atom. The predicted octanol–water partition coefficient (Wildman–Crippen LogP) is 4.55. The van der Waals surface area contributed by atoms with Crippen LogP contribution in [0, 0.1) is 0 Å². The van der Waals surface area contributed by atoms with Crippen molar-refractivity contribution in [1.29, 1.82) is 0 Å². The largest absolute Gasteiger partial charge is 0.328 e. The molecule has 0 aliphatic carbocycles. The van der Waals surface area contributed by atoms with E-state index in [0.29, 0.717) is 5.65 Å². The number of H-pyrrole nitrogens is 1. The molecule has 28 heavy (non-hydrogen) atoms. The zero-order valence-corrected chi connectivity index (χ0v) is 15.3. The quantitative estimate of drug-likeness (QED) is 0.509. The van der Waals surface area contributed by atoms with Crippen LogP contribution >= 0.6 is 0 Å². The van der Waals surface area contributed by atoms with E-state index in [1.165, 1.54) is 0 Å². The molecule has 0 aliphatic heterocycles. The number of fused-ring (bicyclic) bond motifs is 2. The van der Waals surface area contributed by atoms with Gasteiger partial charge in [-0.1, -0.05) is 48.5 Å². The van der Waals surface area contributed by atoms with Crippen molar-refractivity contribution in [3.05, 3.63) is 95.0 Å². The van der Waals surface area contributed by atoms with Crippen LogP contribution in [0.1, 0.15) is 18.5 Å². The van der Waals surface area contributed by atoms with E-state index >= 15 is 0 Å². The average Bonchev–Trinajstić information content (AvgIpc) is 3.08. The summed E-state index contributed by atoms with van der Waals surface area (Å²) in [4.78, 5) is 24.9. The van der Waals surface area contributed by atoms with E-state index in [1.54, 1.807) is 10.8 Å². The summed E-state index contributed by atoms with van der Waals surface area (Å²) >= 11 is 0. The molecule has 136 valence electrons. The van der Waals surface area contributed by atoms with Crippen LogP contribution in [0.5, 0.6) is 0 Å². The van der Waals surface area contributed by atoms with E-state index in [-0.39, 0.29) is 11.7 Å². The Kier molecular flexibility index (Phi) is 3.79. The number of nitrogens with one attached hydrogen (secondary N) is 1. The van der Waals surface area contributed by atoms with E-state index in [2.05, 4.69) is 9.97 Å². The van der Waals surface area contributed by atoms with E-state index < -0.39 is 0 Å². The number of aromatic nitrogens is 4. The minimum absolute atomic E-state index is 0.126. The smallest absolute Gasteiger partial charge is 0.304 e. The third-order valence-electron chi connectivity index (χ3n) is 5.15. The standard InChI is InChI=1S/C23H18N4O/c1-15(16-7-3-2-4-8-16)27-22-21(26-23(27)28)13-12-20(25-22)18-9-5-11-19-17(18)10-6-14-24-19/h2-15H,1H3,(H,26,28). The Morgan fingerprint density at radius 3 is 2.64 bits per heavy atom. The van der Waals surface area contributed by atoms with Crippen molar-refractivity contribution in [3.63, 3.8) is 0 Å². The molecule has 0 saturated carbocycles. The molecule has 1 N–H and O–H groups in total. The molecule has 0 radical (unpaired) electrons. The lowest BCUT2D eigenvalue weighted by atomic mass is 10.0. The van der Waals surface area contributed by atoms with Gasteiger partial charge in [-0.3, -0.25) is 9.55 Å². The van der Waals surface area contributed by atoms with Crippen molar-refractivity contribution in [2.24, 2.45) is 0 Å². The number of aromatic amines is 1. The molecule has 0 spiro atoms. The fraction of sp³-hybridized carbons (Fsp3) is 0.0870. The Balaban J connectivity index is 1.72. The first kappa shape index (κ1) is 16.4. The highest BCUT2D eigenvalue weighted by Gasteiger charge is 2.17. The van der Waals surface area contributed by atoms with Crippen molar-refractivity contribution in [2.45, 2.75) is 13.0 Å². The Morgan fingerprint density at radius 1 is 0.929 bits per heavy atom. The van der Waals surface area contributed by atoms with Crippen LogP contribution in [0.2, 0.25) is 0 Å². The van der Waals surface area contributed by atoms with Crippen LogP contribution in [0.3, 0.4) is 0 Å². The van der Waals surface area contributed by atoms with Gasteiger partial charge in [-0.15, -0.1) is 0 Å². The average molecular weight is 366 g/mol. The lowest BCUT2D eigenvalue weighted by Gasteiger charge is -2.14. The van der Waals surface area contributed by atoms with Crippen molar-refractivity contribution >= 4 is 22.1 Å². The lowest BCUT2D eigenvalue weighted by molar-refractivity contribution is 0.631. The highest BCUT2D eigenvalue weighted by atomic mass is 16.1. The summed E-state index contributed by atoms with van der Waals surface area (Å²) in [6.07, 6.45) is 1.79.